The minimum absolute atomic E-state index is 0.0578. The van der Waals surface area contributed by atoms with Gasteiger partial charge < -0.3 is 14.8 Å². The standard InChI is InChI=1S/C16H23NO5S/c1-12(23(2,19)20)16(18)17-14-8-3-4-9-15(14)22-11-13-7-5-6-10-21-13/h3-4,8-9,12-13H,5-7,10-11H2,1-2H3,(H,17,18). The Morgan fingerprint density at radius 3 is 2.78 bits per heavy atom. The fourth-order valence-electron chi connectivity index (χ4n) is 2.25. The predicted octanol–water partition coefficient (Wildman–Crippen LogP) is 2.01. The highest BCUT2D eigenvalue weighted by Gasteiger charge is 2.24. The predicted molar refractivity (Wildman–Crippen MR) is 88.5 cm³/mol. The van der Waals surface area contributed by atoms with Crippen molar-refractivity contribution in [3.05, 3.63) is 24.3 Å². The molecule has 128 valence electrons. The van der Waals surface area contributed by atoms with Gasteiger partial charge in [0.2, 0.25) is 5.91 Å². The van der Waals surface area contributed by atoms with Gasteiger partial charge in [0.15, 0.2) is 9.84 Å². The van der Waals surface area contributed by atoms with Crippen LogP contribution in [0.1, 0.15) is 26.2 Å². The van der Waals surface area contributed by atoms with Crippen LogP contribution in [0.3, 0.4) is 0 Å². The van der Waals surface area contributed by atoms with E-state index in [-0.39, 0.29) is 6.10 Å². The molecule has 6 nitrogen and oxygen atoms in total. The molecule has 2 rings (SSSR count). The van der Waals surface area contributed by atoms with E-state index in [4.69, 9.17) is 9.47 Å². The molecule has 0 saturated carbocycles. The molecule has 2 unspecified atom stereocenters. The van der Waals surface area contributed by atoms with E-state index in [0.717, 1.165) is 32.1 Å². The maximum Gasteiger partial charge on any atom is 0.242 e. The van der Waals surface area contributed by atoms with Crippen LogP contribution in [0.15, 0.2) is 24.3 Å². The molecule has 0 radical (unpaired) electrons. The van der Waals surface area contributed by atoms with Gasteiger partial charge in [-0.3, -0.25) is 4.79 Å². The van der Waals surface area contributed by atoms with Crippen LogP contribution < -0.4 is 10.1 Å². The quantitative estimate of drug-likeness (QED) is 0.856. The molecule has 0 aliphatic carbocycles. The molecule has 1 amide bonds. The first-order chi connectivity index (χ1) is 10.9. The summed E-state index contributed by atoms with van der Waals surface area (Å²) >= 11 is 0. The van der Waals surface area contributed by atoms with Crippen LogP contribution >= 0.6 is 0 Å². The van der Waals surface area contributed by atoms with Crippen molar-refractivity contribution in [1.82, 2.24) is 0 Å². The third-order valence-electron chi connectivity index (χ3n) is 3.86. The lowest BCUT2D eigenvalue weighted by Gasteiger charge is -2.23. The van der Waals surface area contributed by atoms with Crippen LogP contribution in [-0.2, 0) is 19.4 Å². The molecule has 2 atom stereocenters. The van der Waals surface area contributed by atoms with E-state index >= 15 is 0 Å². The number of hydrogen-bond acceptors (Lipinski definition) is 5. The van der Waals surface area contributed by atoms with Gasteiger partial charge in [-0.2, -0.15) is 0 Å². The van der Waals surface area contributed by atoms with Gasteiger partial charge in [0.25, 0.3) is 0 Å². The largest absolute Gasteiger partial charge is 0.489 e. The Kier molecular flexibility index (Phi) is 6.01. The van der Waals surface area contributed by atoms with Gasteiger partial charge in [0.1, 0.15) is 17.6 Å². The number of hydrogen-bond donors (Lipinski definition) is 1. The van der Waals surface area contributed by atoms with E-state index in [0.29, 0.717) is 18.0 Å². The van der Waals surface area contributed by atoms with Gasteiger partial charge in [-0.05, 0) is 38.3 Å². The second-order valence-electron chi connectivity index (χ2n) is 5.76. The molecule has 1 heterocycles. The van der Waals surface area contributed by atoms with Crippen molar-refractivity contribution in [2.45, 2.75) is 37.5 Å². The second kappa shape index (κ2) is 7.79. The number of carbonyl (C=O) groups excluding carboxylic acids is 1. The number of amides is 1. The lowest BCUT2D eigenvalue weighted by Crippen LogP contribution is -2.32. The molecule has 1 N–H and O–H groups in total. The van der Waals surface area contributed by atoms with Crippen molar-refractivity contribution < 1.29 is 22.7 Å². The summed E-state index contributed by atoms with van der Waals surface area (Å²) in [6.07, 6.45) is 4.26. The van der Waals surface area contributed by atoms with Crippen molar-refractivity contribution in [1.29, 1.82) is 0 Å². The maximum absolute atomic E-state index is 12.0. The number of anilines is 1. The number of carbonyl (C=O) groups is 1. The van der Waals surface area contributed by atoms with E-state index in [1.807, 2.05) is 0 Å². The van der Waals surface area contributed by atoms with E-state index in [1.165, 1.54) is 6.92 Å². The van der Waals surface area contributed by atoms with Gasteiger partial charge in [-0.1, -0.05) is 12.1 Å². The van der Waals surface area contributed by atoms with E-state index in [2.05, 4.69) is 5.32 Å². The third-order valence-corrected chi connectivity index (χ3v) is 5.35. The fourth-order valence-corrected chi connectivity index (χ4v) is 2.69. The lowest BCUT2D eigenvalue weighted by atomic mass is 10.1. The number of ether oxygens (including phenoxy) is 2. The first-order valence-electron chi connectivity index (χ1n) is 7.71. The van der Waals surface area contributed by atoms with E-state index < -0.39 is 21.0 Å². The van der Waals surface area contributed by atoms with Crippen LogP contribution in [0, 0.1) is 0 Å². The van der Waals surface area contributed by atoms with Crippen LogP contribution in [0.5, 0.6) is 5.75 Å². The Bertz CT molecular complexity index is 638. The molecule has 1 saturated heterocycles. The molecule has 1 aromatic rings. The SMILES string of the molecule is CC(C(=O)Nc1ccccc1OCC1CCCCO1)S(C)(=O)=O. The fraction of sp³-hybridized carbons (Fsp3) is 0.562. The van der Waals surface area contributed by atoms with Crippen molar-refractivity contribution >= 4 is 21.4 Å². The van der Waals surface area contributed by atoms with Crippen LogP contribution in [0.4, 0.5) is 5.69 Å². The van der Waals surface area contributed by atoms with Gasteiger partial charge in [0.05, 0.1) is 11.8 Å². The summed E-state index contributed by atoms with van der Waals surface area (Å²) in [7, 11) is -3.44. The minimum Gasteiger partial charge on any atom is -0.489 e. The number of benzene rings is 1. The number of sulfone groups is 1. The lowest BCUT2D eigenvalue weighted by molar-refractivity contribution is -0.115. The normalized spacial score (nSPS) is 19.8. The molecule has 1 aliphatic heterocycles. The van der Waals surface area contributed by atoms with E-state index in [1.54, 1.807) is 24.3 Å². The van der Waals surface area contributed by atoms with Gasteiger partial charge in [-0.15, -0.1) is 0 Å². The highest BCUT2D eigenvalue weighted by molar-refractivity contribution is 7.92. The monoisotopic (exact) mass is 341 g/mol. The summed E-state index contributed by atoms with van der Waals surface area (Å²) < 4.78 is 34.3. The highest BCUT2D eigenvalue weighted by Crippen LogP contribution is 2.25. The van der Waals surface area contributed by atoms with Gasteiger partial charge in [-0.25, -0.2) is 8.42 Å². The van der Waals surface area contributed by atoms with Crippen molar-refractivity contribution in [2.75, 3.05) is 24.8 Å². The molecular weight excluding hydrogens is 318 g/mol. The first kappa shape index (κ1) is 17.7. The summed E-state index contributed by atoms with van der Waals surface area (Å²) in [4.78, 5) is 12.0. The minimum atomic E-state index is -3.44. The van der Waals surface area contributed by atoms with Gasteiger partial charge >= 0.3 is 0 Å². The Morgan fingerprint density at radius 2 is 2.13 bits per heavy atom. The highest BCUT2D eigenvalue weighted by atomic mass is 32.2. The Balaban J connectivity index is 2.00. The van der Waals surface area contributed by atoms with E-state index in [9.17, 15) is 13.2 Å². The van der Waals surface area contributed by atoms with Crippen LogP contribution in [-0.4, -0.2) is 45.1 Å². The number of para-hydroxylation sites is 2. The summed E-state index contributed by atoms with van der Waals surface area (Å²) in [5.41, 5.74) is 0.462. The Morgan fingerprint density at radius 1 is 1.39 bits per heavy atom. The van der Waals surface area contributed by atoms with Crippen LogP contribution in [0.2, 0.25) is 0 Å². The third kappa shape index (κ3) is 5.21. The average molecular weight is 341 g/mol. The average Bonchev–Trinajstić information content (AvgIpc) is 2.53. The smallest absolute Gasteiger partial charge is 0.242 e. The molecule has 7 heteroatoms. The topological polar surface area (TPSA) is 81.7 Å². The molecule has 0 bridgehead atoms. The number of nitrogens with one attached hydrogen (secondary N) is 1. The molecule has 0 aromatic heterocycles. The van der Waals surface area contributed by atoms with Crippen LogP contribution in [0.25, 0.3) is 0 Å². The first-order valence-corrected chi connectivity index (χ1v) is 9.66. The van der Waals surface area contributed by atoms with Crippen molar-refractivity contribution in [3.63, 3.8) is 0 Å². The summed E-state index contributed by atoms with van der Waals surface area (Å²) in [6, 6.07) is 6.98. The molecule has 1 aromatic carbocycles. The number of rotatable bonds is 6. The second-order valence-corrected chi connectivity index (χ2v) is 8.12. The summed E-state index contributed by atoms with van der Waals surface area (Å²) in [6.45, 7) is 2.52. The summed E-state index contributed by atoms with van der Waals surface area (Å²) in [5, 5.41) is 1.51. The Labute approximate surface area is 137 Å². The Hall–Kier alpha value is -1.60. The van der Waals surface area contributed by atoms with Gasteiger partial charge in [0, 0.05) is 12.9 Å². The zero-order valence-electron chi connectivity index (χ0n) is 13.4. The zero-order chi connectivity index (χ0) is 16.9. The molecular formula is C16H23NO5S. The maximum atomic E-state index is 12.0. The van der Waals surface area contributed by atoms with Crippen molar-refractivity contribution in [2.24, 2.45) is 0 Å². The summed E-state index contributed by atoms with van der Waals surface area (Å²) in [5.74, 6) is -0.0619. The molecule has 1 aliphatic rings. The van der Waals surface area contributed by atoms with Crippen molar-refractivity contribution in [3.8, 4) is 5.75 Å². The molecule has 0 spiro atoms. The zero-order valence-corrected chi connectivity index (χ0v) is 14.3. The molecule has 23 heavy (non-hydrogen) atoms. The molecule has 1 fully saturated rings.